The molecule has 2 heterocycles. The van der Waals surface area contributed by atoms with E-state index < -0.39 is 0 Å². The van der Waals surface area contributed by atoms with Crippen molar-refractivity contribution >= 4 is 9.47 Å². The van der Waals surface area contributed by atoms with Gasteiger partial charge >= 0.3 is 0 Å². The summed E-state index contributed by atoms with van der Waals surface area (Å²) in [7, 11) is 4.55. The van der Waals surface area contributed by atoms with Crippen LogP contribution in [0.4, 0.5) is 0 Å². The first kappa shape index (κ1) is 15.1. The summed E-state index contributed by atoms with van der Waals surface area (Å²) in [4.78, 5) is 7.31. The Morgan fingerprint density at radius 2 is 2.11 bits per heavy atom. The van der Waals surface area contributed by atoms with E-state index >= 15 is 0 Å². The summed E-state index contributed by atoms with van der Waals surface area (Å²) >= 11 is 0. The summed E-state index contributed by atoms with van der Waals surface area (Å²) in [5, 5.41) is 0. The lowest BCUT2D eigenvalue weighted by molar-refractivity contribution is 0.231. The van der Waals surface area contributed by atoms with Crippen molar-refractivity contribution in [3.05, 3.63) is 12.4 Å². The SMILES string of the molecule is C=C1N(CC(C)COP)CCN1CC1CCN(C)C1. The molecule has 2 aliphatic rings. The van der Waals surface area contributed by atoms with Crippen LogP contribution in [-0.2, 0) is 4.52 Å². The van der Waals surface area contributed by atoms with Gasteiger partial charge in [-0.05, 0) is 31.8 Å². The van der Waals surface area contributed by atoms with E-state index in [0.717, 1.165) is 32.2 Å². The van der Waals surface area contributed by atoms with Crippen molar-refractivity contribution in [2.24, 2.45) is 11.8 Å². The van der Waals surface area contributed by atoms with Crippen molar-refractivity contribution in [3.8, 4) is 0 Å². The molecule has 2 saturated heterocycles. The van der Waals surface area contributed by atoms with Crippen molar-refractivity contribution in [2.75, 3.05) is 52.9 Å². The van der Waals surface area contributed by atoms with Gasteiger partial charge < -0.3 is 19.2 Å². The van der Waals surface area contributed by atoms with Crippen LogP contribution in [-0.4, -0.2) is 67.6 Å². The average molecular weight is 285 g/mol. The van der Waals surface area contributed by atoms with Crippen LogP contribution in [0.3, 0.4) is 0 Å². The Balaban J connectivity index is 1.77. The summed E-state index contributed by atoms with van der Waals surface area (Å²) in [6.45, 7) is 14.3. The molecule has 19 heavy (non-hydrogen) atoms. The maximum absolute atomic E-state index is 5.14. The van der Waals surface area contributed by atoms with Crippen molar-refractivity contribution in [2.45, 2.75) is 13.3 Å². The first-order chi connectivity index (χ1) is 9.10. The molecule has 0 bridgehead atoms. The molecule has 0 saturated carbocycles. The van der Waals surface area contributed by atoms with Gasteiger partial charge in [0.05, 0.1) is 12.4 Å². The maximum atomic E-state index is 5.14. The summed E-state index contributed by atoms with van der Waals surface area (Å²) in [5.41, 5.74) is 0. The van der Waals surface area contributed by atoms with Crippen LogP contribution in [0, 0.1) is 11.8 Å². The van der Waals surface area contributed by atoms with E-state index in [0.29, 0.717) is 5.92 Å². The number of hydrogen-bond donors (Lipinski definition) is 0. The number of likely N-dealkylation sites (tertiary alicyclic amines) is 1. The Bertz CT molecular complexity index is 313. The number of hydrogen-bond acceptors (Lipinski definition) is 4. The lowest BCUT2D eigenvalue weighted by Crippen LogP contribution is -2.30. The van der Waals surface area contributed by atoms with E-state index in [9.17, 15) is 0 Å². The minimum atomic E-state index is 0.548. The van der Waals surface area contributed by atoms with Crippen LogP contribution in [0.1, 0.15) is 13.3 Å². The van der Waals surface area contributed by atoms with Gasteiger partial charge in [0.1, 0.15) is 0 Å². The molecule has 3 atom stereocenters. The standard InChI is InChI=1S/C14H28N3OP/c1-12(11-18-19)8-16-6-7-17(13(16)2)10-14-4-5-15(3)9-14/h12,14H,2,4-11,19H2,1,3H3. The van der Waals surface area contributed by atoms with Gasteiger partial charge in [0.15, 0.2) is 0 Å². The fourth-order valence-corrected chi connectivity index (χ4v) is 3.50. The van der Waals surface area contributed by atoms with Gasteiger partial charge in [-0.15, -0.1) is 0 Å². The van der Waals surface area contributed by atoms with Crippen LogP contribution in [0.2, 0.25) is 0 Å². The quantitative estimate of drug-likeness (QED) is 0.688. The molecule has 0 aromatic heterocycles. The van der Waals surface area contributed by atoms with Crippen molar-refractivity contribution in [3.63, 3.8) is 0 Å². The van der Waals surface area contributed by atoms with E-state index in [4.69, 9.17) is 4.52 Å². The van der Waals surface area contributed by atoms with E-state index in [-0.39, 0.29) is 0 Å². The van der Waals surface area contributed by atoms with Crippen LogP contribution < -0.4 is 0 Å². The zero-order valence-corrected chi connectivity index (χ0v) is 13.5. The summed E-state index contributed by atoms with van der Waals surface area (Å²) in [6.07, 6.45) is 1.33. The smallest absolute Gasteiger partial charge is 0.0966 e. The third-order valence-electron chi connectivity index (χ3n) is 4.25. The lowest BCUT2D eigenvalue weighted by Gasteiger charge is -2.27. The second-order valence-electron chi connectivity index (χ2n) is 6.16. The molecule has 0 amide bonds. The maximum Gasteiger partial charge on any atom is 0.0966 e. The number of rotatable bonds is 6. The fraction of sp³-hybridized carbons (Fsp3) is 0.857. The Kier molecular flexibility index (Phi) is 5.49. The molecule has 0 N–H and O–H groups in total. The summed E-state index contributed by atoms with van der Waals surface area (Å²) in [5.74, 6) is 2.58. The van der Waals surface area contributed by atoms with Gasteiger partial charge in [-0.25, -0.2) is 0 Å². The predicted octanol–water partition coefficient (Wildman–Crippen LogP) is 1.47. The van der Waals surface area contributed by atoms with Crippen LogP contribution in [0.15, 0.2) is 12.4 Å². The Labute approximate surface area is 120 Å². The highest BCUT2D eigenvalue weighted by Gasteiger charge is 2.28. The van der Waals surface area contributed by atoms with Gasteiger partial charge in [-0.1, -0.05) is 13.5 Å². The summed E-state index contributed by atoms with van der Waals surface area (Å²) < 4.78 is 5.14. The second kappa shape index (κ2) is 6.92. The molecule has 0 aromatic carbocycles. The minimum absolute atomic E-state index is 0.548. The van der Waals surface area contributed by atoms with Gasteiger partial charge in [0.2, 0.25) is 0 Å². The molecule has 0 radical (unpaired) electrons. The molecule has 4 nitrogen and oxygen atoms in total. The molecule has 3 unspecified atom stereocenters. The Hall–Kier alpha value is -0.310. The number of nitrogens with zero attached hydrogens (tertiary/aromatic N) is 3. The highest BCUT2D eigenvalue weighted by atomic mass is 31.0. The molecule has 2 rings (SSSR count). The van der Waals surface area contributed by atoms with Gasteiger partial charge in [0, 0.05) is 42.2 Å². The topological polar surface area (TPSA) is 19.0 Å². The fourth-order valence-electron chi connectivity index (χ4n) is 3.17. The van der Waals surface area contributed by atoms with Crippen molar-refractivity contribution < 1.29 is 4.52 Å². The molecule has 110 valence electrons. The van der Waals surface area contributed by atoms with E-state index in [1.54, 1.807) is 0 Å². The normalized spacial score (nSPS) is 26.5. The van der Waals surface area contributed by atoms with E-state index in [2.05, 4.69) is 44.7 Å². The van der Waals surface area contributed by atoms with Gasteiger partial charge in [0.25, 0.3) is 0 Å². The molecule has 0 aliphatic carbocycles. The highest BCUT2D eigenvalue weighted by molar-refractivity contribution is 7.09. The Morgan fingerprint density at radius 3 is 2.74 bits per heavy atom. The van der Waals surface area contributed by atoms with Crippen LogP contribution in [0.5, 0.6) is 0 Å². The molecule has 2 aliphatic heterocycles. The molecular weight excluding hydrogens is 257 g/mol. The van der Waals surface area contributed by atoms with Crippen LogP contribution in [0.25, 0.3) is 0 Å². The second-order valence-corrected chi connectivity index (χ2v) is 6.50. The zero-order chi connectivity index (χ0) is 13.8. The minimum Gasteiger partial charge on any atom is -0.365 e. The lowest BCUT2D eigenvalue weighted by atomic mass is 10.1. The first-order valence-electron chi connectivity index (χ1n) is 7.29. The van der Waals surface area contributed by atoms with E-state index in [1.165, 1.54) is 31.9 Å². The Morgan fingerprint density at radius 1 is 1.37 bits per heavy atom. The first-order valence-corrected chi connectivity index (χ1v) is 7.76. The molecule has 2 fully saturated rings. The van der Waals surface area contributed by atoms with Gasteiger partial charge in [-0.2, -0.15) is 0 Å². The molecule has 5 heteroatoms. The van der Waals surface area contributed by atoms with Gasteiger partial charge in [-0.3, -0.25) is 0 Å². The molecule has 0 spiro atoms. The largest absolute Gasteiger partial charge is 0.365 e. The van der Waals surface area contributed by atoms with Crippen molar-refractivity contribution in [1.82, 2.24) is 14.7 Å². The average Bonchev–Trinajstić information content (AvgIpc) is 2.90. The highest BCUT2D eigenvalue weighted by Crippen LogP contribution is 2.23. The van der Waals surface area contributed by atoms with E-state index in [1.807, 2.05) is 0 Å². The third-order valence-corrected chi connectivity index (χ3v) is 4.44. The molecular formula is C14H28N3OP. The third kappa shape index (κ3) is 4.08. The zero-order valence-electron chi connectivity index (χ0n) is 12.3. The predicted molar refractivity (Wildman–Crippen MR) is 82.7 cm³/mol. The van der Waals surface area contributed by atoms with Crippen LogP contribution >= 0.6 is 9.47 Å². The van der Waals surface area contributed by atoms with Crippen molar-refractivity contribution in [1.29, 1.82) is 0 Å². The summed E-state index contributed by atoms with van der Waals surface area (Å²) in [6, 6.07) is 0. The molecule has 0 aromatic rings. The monoisotopic (exact) mass is 285 g/mol.